The van der Waals surface area contributed by atoms with Crippen LogP contribution >= 0.6 is 0 Å². The van der Waals surface area contributed by atoms with Crippen LogP contribution in [-0.4, -0.2) is 22.1 Å². The summed E-state index contributed by atoms with van der Waals surface area (Å²) in [4.78, 5) is 11.5. The van der Waals surface area contributed by atoms with Crippen molar-refractivity contribution in [2.75, 3.05) is 0 Å². The molecular formula is C11H12O3. The number of hydrogen-bond donors (Lipinski definition) is 2. The van der Waals surface area contributed by atoms with Crippen LogP contribution in [0.15, 0.2) is 18.2 Å². The van der Waals surface area contributed by atoms with Gasteiger partial charge in [0.2, 0.25) is 0 Å². The Bertz CT molecular complexity index is 384. The second-order valence-corrected chi connectivity index (χ2v) is 3.73. The smallest absolute Gasteiger partial charge is 0.165 e. The molecule has 3 heteroatoms. The van der Waals surface area contributed by atoms with Crippen LogP contribution in [0.2, 0.25) is 0 Å². The molecule has 0 radical (unpaired) electrons. The highest BCUT2D eigenvalue weighted by molar-refractivity contribution is 5.99. The van der Waals surface area contributed by atoms with Gasteiger partial charge in [-0.05, 0) is 18.6 Å². The number of ketones is 1. The van der Waals surface area contributed by atoms with Crippen LogP contribution in [-0.2, 0) is 0 Å². The van der Waals surface area contributed by atoms with Gasteiger partial charge in [-0.25, -0.2) is 0 Å². The van der Waals surface area contributed by atoms with E-state index in [0.29, 0.717) is 11.1 Å². The Morgan fingerprint density at radius 3 is 2.79 bits per heavy atom. The van der Waals surface area contributed by atoms with Gasteiger partial charge in [0.15, 0.2) is 5.78 Å². The maximum Gasteiger partial charge on any atom is 0.165 e. The van der Waals surface area contributed by atoms with Crippen LogP contribution in [0.3, 0.4) is 0 Å². The van der Waals surface area contributed by atoms with Crippen molar-refractivity contribution in [2.24, 2.45) is 0 Å². The lowest BCUT2D eigenvalue weighted by Crippen LogP contribution is -2.29. The highest BCUT2D eigenvalue weighted by Gasteiger charge is 2.31. The zero-order chi connectivity index (χ0) is 10.3. The molecule has 3 nitrogen and oxygen atoms in total. The predicted molar refractivity (Wildman–Crippen MR) is 51.1 cm³/mol. The predicted octanol–water partition coefficient (Wildman–Crippen LogP) is 0.976. The first-order valence-electron chi connectivity index (χ1n) is 4.59. The maximum absolute atomic E-state index is 11.5. The second kappa shape index (κ2) is 3.19. The molecule has 0 fully saturated rings. The summed E-state index contributed by atoms with van der Waals surface area (Å²) in [6.45, 7) is 1.89. The van der Waals surface area contributed by atoms with Gasteiger partial charge >= 0.3 is 0 Å². The monoisotopic (exact) mass is 192 g/mol. The molecule has 0 aromatic heterocycles. The van der Waals surface area contributed by atoms with Crippen molar-refractivity contribution in [3.63, 3.8) is 0 Å². The Hall–Kier alpha value is -1.19. The first kappa shape index (κ1) is 9.37. The van der Waals surface area contributed by atoms with Crippen molar-refractivity contribution in [3.8, 4) is 0 Å². The zero-order valence-electron chi connectivity index (χ0n) is 7.90. The number of carbonyl (C=O) groups excluding carboxylic acids is 1. The van der Waals surface area contributed by atoms with Crippen molar-refractivity contribution in [1.29, 1.82) is 0 Å². The molecule has 2 rings (SSSR count). The average Bonchev–Trinajstić information content (AvgIpc) is 2.14. The molecule has 1 aromatic carbocycles. The minimum atomic E-state index is -0.960. The molecule has 1 aliphatic rings. The third-order valence-corrected chi connectivity index (χ3v) is 2.59. The van der Waals surface area contributed by atoms with E-state index in [1.165, 1.54) is 0 Å². The van der Waals surface area contributed by atoms with Gasteiger partial charge in [0.25, 0.3) is 0 Å². The van der Waals surface area contributed by atoms with E-state index in [1.807, 2.05) is 13.0 Å². The number of aliphatic hydroxyl groups is 2. The second-order valence-electron chi connectivity index (χ2n) is 3.73. The molecule has 2 atom stereocenters. The Balaban J connectivity index is 2.56. The summed E-state index contributed by atoms with van der Waals surface area (Å²) in [5.74, 6) is -0.0958. The number of Topliss-reactive ketones (excluding diaryl/α,β-unsaturated/α-hetero) is 1. The summed E-state index contributed by atoms with van der Waals surface area (Å²) < 4.78 is 0. The number of rotatable bonds is 0. The van der Waals surface area contributed by atoms with Gasteiger partial charge in [-0.3, -0.25) is 4.79 Å². The minimum absolute atomic E-state index is 0.0115. The molecule has 0 bridgehead atoms. The summed E-state index contributed by atoms with van der Waals surface area (Å²) in [6, 6.07) is 5.29. The lowest BCUT2D eigenvalue weighted by Gasteiger charge is -2.25. The Labute approximate surface area is 82.0 Å². The van der Waals surface area contributed by atoms with Crippen molar-refractivity contribution >= 4 is 5.78 Å². The fraction of sp³-hybridized carbons (Fsp3) is 0.364. The van der Waals surface area contributed by atoms with Gasteiger partial charge in [-0.1, -0.05) is 17.7 Å². The van der Waals surface area contributed by atoms with Crippen LogP contribution in [0.5, 0.6) is 0 Å². The van der Waals surface area contributed by atoms with E-state index >= 15 is 0 Å². The van der Waals surface area contributed by atoms with Gasteiger partial charge in [0.1, 0.15) is 6.10 Å². The average molecular weight is 192 g/mol. The van der Waals surface area contributed by atoms with Gasteiger partial charge < -0.3 is 10.2 Å². The third-order valence-electron chi connectivity index (χ3n) is 2.59. The summed E-state index contributed by atoms with van der Waals surface area (Å²) in [7, 11) is 0. The molecule has 74 valence electrons. The first-order valence-corrected chi connectivity index (χ1v) is 4.59. The number of aryl methyl sites for hydroxylation is 1. The van der Waals surface area contributed by atoms with Gasteiger partial charge in [0, 0.05) is 12.0 Å². The van der Waals surface area contributed by atoms with E-state index < -0.39 is 12.2 Å². The van der Waals surface area contributed by atoms with Crippen LogP contribution in [0.1, 0.15) is 34.0 Å². The van der Waals surface area contributed by atoms with E-state index in [2.05, 4.69) is 0 Å². The zero-order valence-corrected chi connectivity index (χ0v) is 7.90. The molecule has 0 aliphatic heterocycles. The Kier molecular flexibility index (Phi) is 2.13. The molecule has 2 N–H and O–H groups in total. The minimum Gasteiger partial charge on any atom is -0.390 e. The summed E-state index contributed by atoms with van der Waals surface area (Å²) in [5, 5.41) is 19.0. The van der Waals surface area contributed by atoms with E-state index in [9.17, 15) is 15.0 Å². The Morgan fingerprint density at radius 2 is 2.07 bits per heavy atom. The molecule has 14 heavy (non-hydrogen) atoms. The molecule has 0 amide bonds. The van der Waals surface area contributed by atoms with E-state index in [4.69, 9.17) is 0 Å². The highest BCUT2D eigenvalue weighted by Crippen LogP contribution is 2.30. The largest absolute Gasteiger partial charge is 0.390 e. The standard InChI is InChI=1S/C11H12O3/c1-6-2-3-7-8(4-6)9(12)5-10(13)11(7)14/h2-4,10-11,13-14H,5H2,1H3. The fourth-order valence-corrected chi connectivity index (χ4v) is 1.79. The number of hydrogen-bond acceptors (Lipinski definition) is 3. The van der Waals surface area contributed by atoms with Crippen molar-refractivity contribution < 1.29 is 15.0 Å². The van der Waals surface area contributed by atoms with E-state index in [0.717, 1.165) is 5.56 Å². The highest BCUT2D eigenvalue weighted by atomic mass is 16.3. The van der Waals surface area contributed by atoms with Crippen molar-refractivity contribution in [1.82, 2.24) is 0 Å². The number of fused-ring (bicyclic) bond motifs is 1. The van der Waals surface area contributed by atoms with E-state index in [-0.39, 0.29) is 12.2 Å². The van der Waals surface area contributed by atoms with Gasteiger partial charge in [-0.2, -0.15) is 0 Å². The SMILES string of the molecule is Cc1ccc2c(c1)C(=O)CC(O)C2O. The molecule has 0 spiro atoms. The molecule has 2 unspecified atom stereocenters. The van der Waals surface area contributed by atoms with Crippen molar-refractivity contribution in [2.45, 2.75) is 25.6 Å². The number of carbonyl (C=O) groups is 1. The maximum atomic E-state index is 11.5. The van der Waals surface area contributed by atoms with Gasteiger partial charge in [0.05, 0.1) is 6.10 Å². The summed E-state index contributed by atoms with van der Waals surface area (Å²) in [6.07, 6.45) is -1.88. The quantitative estimate of drug-likeness (QED) is 0.644. The molecule has 0 heterocycles. The topological polar surface area (TPSA) is 57.5 Å². The molecule has 0 saturated carbocycles. The lowest BCUT2D eigenvalue weighted by molar-refractivity contribution is 0.00871. The Morgan fingerprint density at radius 1 is 1.36 bits per heavy atom. The van der Waals surface area contributed by atoms with E-state index in [1.54, 1.807) is 12.1 Å². The van der Waals surface area contributed by atoms with Gasteiger partial charge in [-0.15, -0.1) is 0 Å². The number of aliphatic hydroxyl groups excluding tert-OH is 2. The molecular weight excluding hydrogens is 180 g/mol. The molecule has 1 aromatic rings. The summed E-state index contributed by atoms with van der Waals surface area (Å²) in [5.41, 5.74) is 2.07. The van der Waals surface area contributed by atoms with Crippen LogP contribution < -0.4 is 0 Å². The normalized spacial score (nSPS) is 26.1. The molecule has 0 saturated heterocycles. The van der Waals surface area contributed by atoms with Crippen LogP contribution in [0, 0.1) is 6.92 Å². The number of benzene rings is 1. The van der Waals surface area contributed by atoms with Crippen LogP contribution in [0.25, 0.3) is 0 Å². The summed E-state index contributed by atoms with van der Waals surface area (Å²) >= 11 is 0. The third kappa shape index (κ3) is 1.35. The van der Waals surface area contributed by atoms with Crippen molar-refractivity contribution in [3.05, 3.63) is 34.9 Å². The fourth-order valence-electron chi connectivity index (χ4n) is 1.79. The van der Waals surface area contributed by atoms with Crippen LogP contribution in [0.4, 0.5) is 0 Å². The lowest BCUT2D eigenvalue weighted by atomic mass is 9.86. The molecule has 1 aliphatic carbocycles. The first-order chi connectivity index (χ1) is 6.59.